The first kappa shape index (κ1) is 23.0. The van der Waals surface area contributed by atoms with Crippen molar-refractivity contribution in [3.8, 4) is 11.1 Å². The zero-order valence-corrected chi connectivity index (χ0v) is 18.9. The van der Waals surface area contributed by atoms with Gasteiger partial charge in [-0.05, 0) is 36.1 Å². The van der Waals surface area contributed by atoms with Gasteiger partial charge in [0.15, 0.2) is 0 Å². The zero-order valence-electron chi connectivity index (χ0n) is 18.9. The average molecular weight is 450 g/mol. The number of hydrogen-bond acceptors (Lipinski definition) is 5. The van der Waals surface area contributed by atoms with Gasteiger partial charge in [0.1, 0.15) is 13.2 Å². The molecule has 2 N–H and O–H groups in total. The summed E-state index contributed by atoms with van der Waals surface area (Å²) >= 11 is 0. The zero-order chi connectivity index (χ0) is 23.2. The number of benzene rings is 2. The largest absolute Gasteiger partial charge is 0.399 e. The number of likely N-dealkylation sites (tertiary alicyclic amines) is 1. The van der Waals surface area contributed by atoms with Crippen LogP contribution in [0.2, 0.25) is 0 Å². The minimum absolute atomic E-state index is 0.0579. The Hall–Kier alpha value is -3.19. The molecule has 33 heavy (non-hydrogen) atoms. The Labute approximate surface area is 194 Å². The van der Waals surface area contributed by atoms with Crippen molar-refractivity contribution in [3.63, 3.8) is 0 Å². The second kappa shape index (κ2) is 10.6. The summed E-state index contributed by atoms with van der Waals surface area (Å²) in [5, 5.41) is 16.8. The first-order valence-corrected chi connectivity index (χ1v) is 11.6. The van der Waals surface area contributed by atoms with E-state index in [2.05, 4.69) is 10.5 Å². The molecule has 2 aromatic carbocycles. The van der Waals surface area contributed by atoms with E-state index < -0.39 is 6.04 Å². The van der Waals surface area contributed by atoms with Crippen molar-refractivity contribution >= 4 is 17.5 Å². The fourth-order valence-corrected chi connectivity index (χ4v) is 4.84. The van der Waals surface area contributed by atoms with Crippen LogP contribution in [-0.4, -0.2) is 59.9 Å². The number of carbonyl (C=O) groups excluding carboxylic acids is 2. The predicted octanol–water partition coefficient (Wildman–Crippen LogP) is 3.24. The van der Waals surface area contributed by atoms with E-state index in [4.69, 9.17) is 4.84 Å². The summed E-state index contributed by atoms with van der Waals surface area (Å²) in [4.78, 5) is 33.1. The van der Waals surface area contributed by atoms with Crippen LogP contribution in [0.3, 0.4) is 0 Å². The molecule has 1 saturated carbocycles. The van der Waals surface area contributed by atoms with Crippen molar-refractivity contribution in [2.45, 2.75) is 44.2 Å². The molecule has 2 aromatic rings. The number of aliphatic hydroxyl groups excluding tert-OH is 1. The highest BCUT2D eigenvalue weighted by Gasteiger charge is 2.40. The Balaban J connectivity index is 1.51. The monoisotopic (exact) mass is 449 g/mol. The highest BCUT2D eigenvalue weighted by atomic mass is 16.6. The molecule has 2 amide bonds. The molecule has 1 heterocycles. The van der Waals surface area contributed by atoms with Crippen LogP contribution in [0.5, 0.6) is 0 Å². The molecule has 0 unspecified atom stereocenters. The summed E-state index contributed by atoms with van der Waals surface area (Å²) in [5.41, 5.74) is 3.29. The van der Waals surface area contributed by atoms with Gasteiger partial charge in [0, 0.05) is 30.6 Å². The highest BCUT2D eigenvalue weighted by Crippen LogP contribution is 2.26. The third-order valence-corrected chi connectivity index (χ3v) is 6.65. The number of amides is 2. The first-order chi connectivity index (χ1) is 16.1. The van der Waals surface area contributed by atoms with E-state index in [1.165, 1.54) is 7.11 Å². The molecular formula is C26H31N3O4. The molecular weight excluding hydrogens is 418 g/mol. The Morgan fingerprint density at radius 2 is 1.76 bits per heavy atom. The first-order valence-electron chi connectivity index (χ1n) is 11.6. The van der Waals surface area contributed by atoms with Gasteiger partial charge in [-0.1, -0.05) is 60.5 Å². The molecule has 2 fully saturated rings. The molecule has 7 nitrogen and oxygen atoms in total. The minimum atomic E-state index is -0.651. The van der Waals surface area contributed by atoms with E-state index in [0.717, 1.165) is 36.8 Å². The van der Waals surface area contributed by atoms with E-state index >= 15 is 0 Å². The van der Waals surface area contributed by atoms with Gasteiger partial charge in [0.05, 0.1) is 12.3 Å². The van der Waals surface area contributed by atoms with Crippen LogP contribution in [0.15, 0.2) is 59.8 Å². The van der Waals surface area contributed by atoms with Gasteiger partial charge in [-0.3, -0.25) is 9.59 Å². The van der Waals surface area contributed by atoms with Crippen molar-refractivity contribution < 1.29 is 19.5 Å². The van der Waals surface area contributed by atoms with Gasteiger partial charge in [0.25, 0.3) is 5.91 Å². The molecule has 0 bridgehead atoms. The second-order valence-corrected chi connectivity index (χ2v) is 8.78. The summed E-state index contributed by atoms with van der Waals surface area (Å²) in [5.74, 6) is -0.347. The van der Waals surface area contributed by atoms with E-state index in [1.807, 2.05) is 42.5 Å². The second-order valence-electron chi connectivity index (χ2n) is 8.78. The summed E-state index contributed by atoms with van der Waals surface area (Å²) in [6, 6.07) is 16.7. The van der Waals surface area contributed by atoms with Gasteiger partial charge in [-0.25, -0.2) is 0 Å². The molecule has 2 aliphatic rings. The third-order valence-electron chi connectivity index (χ3n) is 6.65. The number of rotatable bonds is 6. The Morgan fingerprint density at radius 1 is 1.06 bits per heavy atom. The van der Waals surface area contributed by atoms with E-state index in [-0.39, 0.29) is 36.9 Å². The van der Waals surface area contributed by atoms with Crippen LogP contribution >= 0.6 is 0 Å². The summed E-state index contributed by atoms with van der Waals surface area (Å²) in [7, 11) is 1.46. The van der Waals surface area contributed by atoms with Crippen LogP contribution in [0, 0.1) is 5.92 Å². The maximum Gasteiger partial charge on any atom is 0.254 e. The third kappa shape index (κ3) is 5.25. The molecule has 1 aliphatic heterocycles. The lowest BCUT2D eigenvalue weighted by atomic mass is 9.85. The standard InChI is InChI=1S/C26H31N3O4/c1-33-28-22-15-24(25(31)27-23-10-6-5-9-21(23)17-30)29(16-22)26(32)20-13-11-19(12-14-20)18-7-3-2-4-8-18/h2-4,7-8,11-14,21,23-24,30H,5-6,9-10,15-17H2,1H3,(H,27,31)/t21-,23+,24-/m0/s1. The van der Waals surface area contributed by atoms with Gasteiger partial charge in [0.2, 0.25) is 5.91 Å². The molecule has 3 atom stereocenters. The van der Waals surface area contributed by atoms with Crippen LogP contribution in [-0.2, 0) is 9.63 Å². The lowest BCUT2D eigenvalue weighted by molar-refractivity contribution is -0.126. The molecule has 0 aromatic heterocycles. The number of nitrogens with one attached hydrogen (secondary N) is 1. The lowest BCUT2D eigenvalue weighted by Gasteiger charge is -2.33. The molecule has 1 saturated heterocycles. The number of hydrogen-bond donors (Lipinski definition) is 2. The van der Waals surface area contributed by atoms with Gasteiger partial charge < -0.3 is 20.2 Å². The Kier molecular flexibility index (Phi) is 7.40. The van der Waals surface area contributed by atoms with Gasteiger partial charge >= 0.3 is 0 Å². The van der Waals surface area contributed by atoms with Crippen LogP contribution in [0.25, 0.3) is 11.1 Å². The minimum Gasteiger partial charge on any atom is -0.399 e. The van der Waals surface area contributed by atoms with E-state index in [1.54, 1.807) is 17.0 Å². The van der Waals surface area contributed by atoms with Crippen LogP contribution in [0.1, 0.15) is 42.5 Å². The lowest BCUT2D eigenvalue weighted by Crippen LogP contribution is -2.51. The van der Waals surface area contributed by atoms with Crippen molar-refractivity contribution in [2.24, 2.45) is 11.1 Å². The van der Waals surface area contributed by atoms with E-state index in [9.17, 15) is 14.7 Å². The molecule has 1 aliphatic carbocycles. The normalized spacial score (nSPS) is 24.0. The fourth-order valence-electron chi connectivity index (χ4n) is 4.84. The van der Waals surface area contributed by atoms with Gasteiger partial charge in [-0.15, -0.1) is 0 Å². The predicted molar refractivity (Wildman–Crippen MR) is 127 cm³/mol. The van der Waals surface area contributed by atoms with Crippen molar-refractivity contribution in [1.82, 2.24) is 10.2 Å². The SMILES string of the molecule is CON=C1C[C@@H](C(=O)N[C@@H]2CCCC[C@H]2CO)N(C(=O)c2ccc(-c3ccccc3)cc2)C1. The number of oxime groups is 1. The van der Waals surface area contributed by atoms with Gasteiger partial charge in [-0.2, -0.15) is 0 Å². The Morgan fingerprint density at radius 3 is 2.45 bits per heavy atom. The fraction of sp³-hybridized carbons (Fsp3) is 0.423. The Bertz CT molecular complexity index is 990. The average Bonchev–Trinajstić information content (AvgIpc) is 3.29. The summed E-state index contributed by atoms with van der Waals surface area (Å²) in [6.45, 7) is 0.307. The van der Waals surface area contributed by atoms with Crippen molar-refractivity contribution in [2.75, 3.05) is 20.3 Å². The van der Waals surface area contributed by atoms with Crippen molar-refractivity contribution in [1.29, 1.82) is 0 Å². The maximum absolute atomic E-state index is 13.4. The number of aliphatic hydroxyl groups is 1. The molecule has 0 spiro atoms. The number of carbonyl (C=O) groups is 2. The molecule has 4 rings (SSSR count). The highest BCUT2D eigenvalue weighted by molar-refractivity contribution is 6.05. The van der Waals surface area contributed by atoms with Crippen LogP contribution in [0.4, 0.5) is 0 Å². The summed E-state index contributed by atoms with van der Waals surface area (Å²) < 4.78 is 0. The van der Waals surface area contributed by atoms with E-state index in [0.29, 0.717) is 17.7 Å². The topological polar surface area (TPSA) is 91.2 Å². The summed E-state index contributed by atoms with van der Waals surface area (Å²) in [6.07, 6.45) is 4.18. The molecule has 7 heteroatoms. The van der Waals surface area contributed by atoms with Crippen molar-refractivity contribution in [3.05, 3.63) is 60.2 Å². The quantitative estimate of drug-likeness (QED) is 0.663. The number of nitrogens with zero attached hydrogens (tertiary/aromatic N) is 2. The molecule has 0 radical (unpaired) electrons. The smallest absolute Gasteiger partial charge is 0.254 e. The maximum atomic E-state index is 13.4. The molecule has 174 valence electrons. The van der Waals surface area contributed by atoms with Crippen LogP contribution < -0.4 is 5.32 Å².